The number of carbonyl (C=O) groups excluding carboxylic acids is 1. The first-order valence-corrected chi connectivity index (χ1v) is 15.1. The van der Waals surface area contributed by atoms with E-state index in [1.807, 2.05) is 0 Å². The minimum atomic E-state index is -4.25. The molecule has 0 radical (unpaired) electrons. The lowest BCUT2D eigenvalue weighted by Gasteiger charge is -2.29. The summed E-state index contributed by atoms with van der Waals surface area (Å²) in [7, 11) is 0. The van der Waals surface area contributed by atoms with Gasteiger partial charge in [0.1, 0.15) is 48.6 Å². The first kappa shape index (κ1) is 27.2. The molecular formula is C21H22FN10O8PS. The Balaban J connectivity index is 1.19. The number of ether oxygens (including phenoxy) is 3. The Morgan fingerprint density at radius 3 is 2.29 bits per heavy atom. The normalized spacial score (nSPS) is 35.4. The molecule has 6 heterocycles. The van der Waals surface area contributed by atoms with E-state index in [0.29, 0.717) is 11.2 Å². The summed E-state index contributed by atoms with van der Waals surface area (Å²) in [5.41, 5.74) is 12.7. The van der Waals surface area contributed by atoms with E-state index in [-0.39, 0.29) is 29.2 Å². The number of aliphatic hydroxyl groups excluding tert-OH is 1. The molecule has 0 amide bonds. The van der Waals surface area contributed by atoms with Gasteiger partial charge in [0.05, 0.1) is 24.8 Å². The standard InChI is InChI=1S/C21H22FN10O8PS/c22-10-15-9(37-20(10)32-6-30-12-17(24)26-4-28-19(12)32)2-36-21(34)38-14-7(1-8(13(14)33)39-41(35,42)40-15)31-5-29-11-16(23)25-3-27-18(11)31/h3-10,13-15,20,33H,1-2H2,(H,35,42)(H2,23,25,27)(H2,24,26,28)/t7-,8+,9-,10-,13-,14+,15-,20-,41?/m1/s1. The molecule has 222 valence electrons. The molecule has 6 N–H and O–H groups in total. The molecule has 2 aliphatic heterocycles. The second-order valence-electron chi connectivity index (χ2n) is 9.80. The molecule has 18 nitrogen and oxygen atoms in total. The number of carbonyl (C=O) groups is 1. The van der Waals surface area contributed by atoms with Crippen LogP contribution in [0.4, 0.5) is 20.8 Å². The number of imidazole rings is 2. The number of nitrogen functional groups attached to an aromatic ring is 2. The van der Waals surface area contributed by atoms with E-state index in [1.165, 1.54) is 34.4 Å². The monoisotopic (exact) mass is 624 g/mol. The number of nitrogens with two attached hydrogens (primary N) is 2. The minimum Gasteiger partial charge on any atom is -0.431 e. The quantitative estimate of drug-likeness (QED) is 0.168. The predicted octanol–water partition coefficient (Wildman–Crippen LogP) is -0.106. The molecule has 2 bridgehead atoms. The third-order valence-corrected chi connectivity index (χ3v) is 8.93. The van der Waals surface area contributed by atoms with Crippen LogP contribution in [0.5, 0.6) is 0 Å². The highest BCUT2D eigenvalue weighted by atomic mass is 32.5. The molecule has 4 aromatic heterocycles. The number of aliphatic hydroxyl groups is 1. The van der Waals surface area contributed by atoms with Crippen molar-refractivity contribution in [2.45, 2.75) is 55.4 Å². The second-order valence-corrected chi connectivity index (χ2v) is 12.5. The number of anilines is 2. The Labute approximate surface area is 239 Å². The Morgan fingerprint density at radius 1 is 0.952 bits per heavy atom. The molecule has 1 aliphatic carbocycles. The molecule has 3 fully saturated rings. The summed E-state index contributed by atoms with van der Waals surface area (Å²) < 4.78 is 46.7. The maximum atomic E-state index is 16.0. The molecule has 2 saturated heterocycles. The van der Waals surface area contributed by atoms with Gasteiger partial charge in [-0.2, -0.15) is 0 Å². The average molecular weight is 625 g/mol. The van der Waals surface area contributed by atoms with Crippen LogP contribution in [0.15, 0.2) is 25.3 Å². The summed E-state index contributed by atoms with van der Waals surface area (Å²) in [5, 5.41) is 11.1. The fourth-order valence-corrected chi connectivity index (χ4v) is 7.26. The number of halogens is 1. The van der Waals surface area contributed by atoms with Gasteiger partial charge < -0.3 is 44.8 Å². The van der Waals surface area contributed by atoms with Gasteiger partial charge in [-0.15, -0.1) is 0 Å². The van der Waals surface area contributed by atoms with Crippen molar-refractivity contribution in [2.75, 3.05) is 18.1 Å². The topological polar surface area (TPSA) is 243 Å². The molecule has 0 spiro atoms. The van der Waals surface area contributed by atoms with E-state index in [1.54, 1.807) is 0 Å². The van der Waals surface area contributed by atoms with Gasteiger partial charge in [-0.3, -0.25) is 9.09 Å². The van der Waals surface area contributed by atoms with Crippen molar-refractivity contribution in [1.82, 2.24) is 39.0 Å². The van der Waals surface area contributed by atoms with E-state index in [9.17, 15) is 14.8 Å². The first-order chi connectivity index (χ1) is 20.1. The summed E-state index contributed by atoms with van der Waals surface area (Å²) in [5.74, 6) is 0.198. The smallest absolute Gasteiger partial charge is 0.431 e. The van der Waals surface area contributed by atoms with Gasteiger partial charge in [0.2, 0.25) is 0 Å². The van der Waals surface area contributed by atoms with Gasteiger partial charge in [-0.05, 0) is 11.8 Å². The first-order valence-electron chi connectivity index (χ1n) is 12.5. The molecule has 21 heteroatoms. The summed E-state index contributed by atoms with van der Waals surface area (Å²) in [6.45, 7) is -4.81. The molecule has 42 heavy (non-hydrogen) atoms. The van der Waals surface area contributed by atoms with Crippen molar-refractivity contribution in [1.29, 1.82) is 0 Å². The SMILES string of the molecule is Nc1ncnc2c1ncn2[C@@H]1C[C@@H]2OP(O)(=S)O[C@H]3[C@@H](F)[C@H](n4cnc5c(N)ncnc54)O[C@@H]3COC(=O)O[C@@H]1[C@@H]2O. The maximum Gasteiger partial charge on any atom is 0.508 e. The van der Waals surface area contributed by atoms with Crippen LogP contribution in [0, 0.1) is 0 Å². The summed E-state index contributed by atoms with van der Waals surface area (Å²) in [6.07, 6.45) is -6.27. The van der Waals surface area contributed by atoms with Crippen molar-refractivity contribution < 1.29 is 42.4 Å². The Hall–Kier alpha value is -3.65. The van der Waals surface area contributed by atoms with E-state index >= 15 is 4.39 Å². The predicted molar refractivity (Wildman–Crippen MR) is 140 cm³/mol. The summed E-state index contributed by atoms with van der Waals surface area (Å²) in [4.78, 5) is 48.3. The van der Waals surface area contributed by atoms with Crippen LogP contribution < -0.4 is 11.5 Å². The highest BCUT2D eigenvalue weighted by Gasteiger charge is 2.54. The second kappa shape index (κ2) is 9.97. The number of hydrogen-bond donors (Lipinski definition) is 4. The van der Waals surface area contributed by atoms with Gasteiger partial charge in [0.25, 0.3) is 0 Å². The van der Waals surface area contributed by atoms with Crippen molar-refractivity contribution >= 4 is 58.6 Å². The Bertz CT molecular complexity index is 1740. The summed E-state index contributed by atoms with van der Waals surface area (Å²) >= 11 is 5.23. The Morgan fingerprint density at radius 2 is 1.60 bits per heavy atom. The van der Waals surface area contributed by atoms with Crippen LogP contribution in [0.3, 0.4) is 0 Å². The molecule has 1 saturated carbocycles. The lowest BCUT2D eigenvalue weighted by molar-refractivity contribution is -0.0845. The zero-order chi connectivity index (χ0) is 29.3. The third-order valence-electron chi connectivity index (χ3n) is 7.36. The number of rotatable bonds is 2. The van der Waals surface area contributed by atoms with Gasteiger partial charge in [0, 0.05) is 6.42 Å². The van der Waals surface area contributed by atoms with Crippen LogP contribution in [0.2, 0.25) is 0 Å². The highest BCUT2D eigenvalue weighted by molar-refractivity contribution is 8.07. The average Bonchev–Trinajstić information content (AvgIpc) is 3.70. The van der Waals surface area contributed by atoms with Crippen LogP contribution >= 0.6 is 6.72 Å². The zero-order valence-corrected chi connectivity index (χ0v) is 22.9. The molecule has 4 aromatic rings. The van der Waals surface area contributed by atoms with E-state index in [4.69, 9.17) is 46.5 Å². The molecule has 0 aromatic carbocycles. The fourth-order valence-electron chi connectivity index (χ4n) is 5.47. The van der Waals surface area contributed by atoms with Crippen molar-refractivity contribution in [3.05, 3.63) is 25.3 Å². The van der Waals surface area contributed by atoms with Gasteiger partial charge in [-0.1, -0.05) is 0 Å². The lowest BCUT2D eigenvalue weighted by atomic mass is 10.1. The minimum absolute atomic E-state index is 0.0365. The molecule has 9 atom stereocenters. The number of cyclic esters (lactones) is 1. The number of nitrogens with zero attached hydrogens (tertiary/aromatic N) is 8. The third kappa shape index (κ3) is 4.42. The van der Waals surface area contributed by atoms with Crippen LogP contribution in [0.1, 0.15) is 18.7 Å². The van der Waals surface area contributed by atoms with Crippen LogP contribution in [0.25, 0.3) is 22.3 Å². The van der Waals surface area contributed by atoms with Crippen molar-refractivity contribution in [3.8, 4) is 0 Å². The van der Waals surface area contributed by atoms with Crippen LogP contribution in [-0.4, -0.2) is 98.5 Å². The van der Waals surface area contributed by atoms with Crippen molar-refractivity contribution in [3.63, 3.8) is 0 Å². The zero-order valence-electron chi connectivity index (χ0n) is 21.2. The molecule has 7 rings (SSSR count). The Kier molecular flexibility index (Phi) is 6.46. The van der Waals surface area contributed by atoms with Crippen LogP contribution in [-0.2, 0) is 35.1 Å². The number of hydrogen-bond acceptors (Lipinski definition) is 16. The number of aromatic nitrogens is 8. The largest absolute Gasteiger partial charge is 0.508 e. The highest BCUT2D eigenvalue weighted by Crippen LogP contribution is 2.53. The van der Waals surface area contributed by atoms with E-state index in [2.05, 4.69) is 29.9 Å². The fraction of sp³-hybridized carbons (Fsp3) is 0.476. The van der Waals surface area contributed by atoms with Gasteiger partial charge >= 0.3 is 12.9 Å². The molecule has 3 aliphatic rings. The van der Waals surface area contributed by atoms with Crippen molar-refractivity contribution in [2.24, 2.45) is 0 Å². The lowest BCUT2D eigenvalue weighted by Crippen LogP contribution is -2.40. The van der Waals surface area contributed by atoms with Gasteiger partial charge in [-0.25, -0.2) is 39.1 Å². The molecular weight excluding hydrogens is 602 g/mol. The maximum absolute atomic E-state index is 16.0. The summed E-state index contributed by atoms with van der Waals surface area (Å²) in [6, 6.07) is -0.800. The molecule has 1 unspecified atom stereocenters. The number of fused-ring (bicyclic) bond motifs is 5. The number of alkyl halides is 1. The van der Waals surface area contributed by atoms with E-state index < -0.39 is 68.4 Å². The van der Waals surface area contributed by atoms with E-state index in [0.717, 1.165) is 0 Å². The van der Waals surface area contributed by atoms with Gasteiger partial charge in [0.15, 0.2) is 41.4 Å².